The molecule has 2 aromatic carbocycles. The van der Waals surface area contributed by atoms with Gasteiger partial charge in [-0.15, -0.1) is 0 Å². The number of hydrogen-bond acceptors (Lipinski definition) is 2. The first-order chi connectivity index (χ1) is 9.02. The van der Waals surface area contributed by atoms with E-state index in [1.165, 1.54) is 19.2 Å². The Morgan fingerprint density at radius 2 is 1.89 bits per heavy atom. The number of rotatable bonds is 3. The lowest BCUT2D eigenvalue weighted by molar-refractivity contribution is 0.103. The highest BCUT2D eigenvalue weighted by atomic mass is 35.5. The van der Waals surface area contributed by atoms with Crippen LogP contribution in [0.15, 0.2) is 36.4 Å². The van der Waals surface area contributed by atoms with Gasteiger partial charge in [-0.1, -0.05) is 17.7 Å². The van der Waals surface area contributed by atoms with Crippen molar-refractivity contribution < 1.29 is 13.9 Å². The van der Waals surface area contributed by atoms with Gasteiger partial charge in [0, 0.05) is 11.1 Å². The second kappa shape index (κ2) is 5.41. The van der Waals surface area contributed by atoms with Gasteiger partial charge in [0.1, 0.15) is 11.6 Å². The highest BCUT2D eigenvalue weighted by Crippen LogP contribution is 2.25. The minimum absolute atomic E-state index is 0.285. The maximum absolute atomic E-state index is 13.2. The number of methoxy groups -OCH3 is 1. The Balaban J connectivity index is 2.47. The van der Waals surface area contributed by atoms with Crippen LogP contribution in [0.2, 0.25) is 5.02 Å². The number of ether oxygens (including phenoxy) is 1. The summed E-state index contributed by atoms with van der Waals surface area (Å²) in [5.74, 6) is -0.180. The first-order valence-corrected chi connectivity index (χ1v) is 6.05. The van der Waals surface area contributed by atoms with E-state index in [-0.39, 0.29) is 10.8 Å². The van der Waals surface area contributed by atoms with Gasteiger partial charge in [-0.25, -0.2) is 4.39 Å². The Labute approximate surface area is 115 Å². The van der Waals surface area contributed by atoms with Crippen molar-refractivity contribution in [3.8, 4) is 5.75 Å². The summed E-state index contributed by atoms with van der Waals surface area (Å²) in [5.41, 5.74) is 1.35. The van der Waals surface area contributed by atoms with Crippen molar-refractivity contribution >= 4 is 17.4 Å². The zero-order valence-corrected chi connectivity index (χ0v) is 11.3. The Morgan fingerprint density at radius 3 is 2.53 bits per heavy atom. The van der Waals surface area contributed by atoms with Crippen LogP contribution in [-0.4, -0.2) is 12.9 Å². The fourth-order valence-corrected chi connectivity index (χ4v) is 2.05. The summed E-state index contributed by atoms with van der Waals surface area (Å²) in [6.45, 7) is 1.75. The fourth-order valence-electron chi connectivity index (χ4n) is 1.79. The molecule has 0 saturated heterocycles. The van der Waals surface area contributed by atoms with Crippen LogP contribution in [-0.2, 0) is 0 Å². The van der Waals surface area contributed by atoms with Crippen LogP contribution >= 0.6 is 11.6 Å². The molecule has 0 aliphatic heterocycles. The average Bonchev–Trinajstić information content (AvgIpc) is 2.40. The molecule has 0 N–H and O–H groups in total. The van der Waals surface area contributed by atoms with E-state index < -0.39 is 5.82 Å². The van der Waals surface area contributed by atoms with Crippen LogP contribution in [0.4, 0.5) is 4.39 Å². The second-order valence-corrected chi connectivity index (χ2v) is 4.54. The lowest BCUT2D eigenvalue weighted by atomic mass is 9.99. The van der Waals surface area contributed by atoms with Crippen LogP contribution in [0.1, 0.15) is 21.5 Å². The van der Waals surface area contributed by atoms with Crippen molar-refractivity contribution in [2.24, 2.45) is 0 Å². The Bertz CT molecular complexity index is 638. The molecule has 0 unspecified atom stereocenters. The fraction of sp³-hybridized carbons (Fsp3) is 0.133. The molecule has 0 aliphatic carbocycles. The number of carbonyl (C=O) groups excluding carboxylic acids is 1. The van der Waals surface area contributed by atoms with E-state index in [4.69, 9.17) is 16.3 Å². The molecule has 98 valence electrons. The molecule has 0 radical (unpaired) electrons. The molecule has 0 saturated carbocycles. The zero-order chi connectivity index (χ0) is 14.0. The van der Waals surface area contributed by atoms with Gasteiger partial charge in [-0.2, -0.15) is 0 Å². The normalized spacial score (nSPS) is 10.3. The van der Waals surface area contributed by atoms with Gasteiger partial charge >= 0.3 is 0 Å². The maximum atomic E-state index is 13.2. The van der Waals surface area contributed by atoms with Crippen molar-refractivity contribution in [3.05, 3.63) is 63.9 Å². The number of halogens is 2. The average molecular weight is 279 g/mol. The summed E-state index contributed by atoms with van der Waals surface area (Å²) in [5, 5.41) is 0.285. The van der Waals surface area contributed by atoms with Gasteiger partial charge in [0.2, 0.25) is 0 Å². The van der Waals surface area contributed by atoms with Crippen LogP contribution in [0, 0.1) is 12.7 Å². The smallest absolute Gasteiger partial charge is 0.194 e. The molecular weight excluding hydrogens is 267 g/mol. The van der Waals surface area contributed by atoms with Gasteiger partial charge in [0.15, 0.2) is 5.78 Å². The SMILES string of the molecule is COc1ccc(C(=O)c2cc(F)ccc2C)c(Cl)c1. The topological polar surface area (TPSA) is 26.3 Å². The summed E-state index contributed by atoms with van der Waals surface area (Å²) >= 11 is 6.05. The third kappa shape index (κ3) is 2.76. The molecule has 0 atom stereocenters. The molecular formula is C15H12ClFO2. The van der Waals surface area contributed by atoms with Gasteiger partial charge < -0.3 is 4.74 Å². The molecule has 0 aromatic heterocycles. The third-order valence-electron chi connectivity index (χ3n) is 2.87. The van der Waals surface area contributed by atoms with Crippen LogP contribution in [0.3, 0.4) is 0 Å². The molecule has 2 rings (SSSR count). The molecule has 0 heterocycles. The molecule has 19 heavy (non-hydrogen) atoms. The minimum Gasteiger partial charge on any atom is -0.497 e. The van der Waals surface area contributed by atoms with Crippen LogP contribution < -0.4 is 4.74 Å². The van der Waals surface area contributed by atoms with E-state index in [2.05, 4.69) is 0 Å². The zero-order valence-electron chi connectivity index (χ0n) is 10.5. The van der Waals surface area contributed by atoms with Gasteiger partial charge in [-0.05, 0) is 42.8 Å². The molecule has 0 spiro atoms. The summed E-state index contributed by atoms with van der Waals surface area (Å²) in [6.07, 6.45) is 0. The molecule has 2 aromatic rings. The molecule has 0 amide bonds. The quantitative estimate of drug-likeness (QED) is 0.793. The Kier molecular flexibility index (Phi) is 3.86. The number of aryl methyl sites for hydroxylation is 1. The summed E-state index contributed by atoms with van der Waals surface area (Å²) < 4.78 is 18.3. The summed E-state index contributed by atoms with van der Waals surface area (Å²) in [4.78, 5) is 12.3. The molecule has 0 fully saturated rings. The first kappa shape index (κ1) is 13.6. The third-order valence-corrected chi connectivity index (χ3v) is 3.18. The maximum Gasteiger partial charge on any atom is 0.194 e. The van der Waals surface area contributed by atoms with E-state index in [0.717, 1.165) is 0 Å². The molecule has 4 heteroatoms. The molecule has 2 nitrogen and oxygen atoms in total. The Hall–Kier alpha value is -1.87. The highest BCUT2D eigenvalue weighted by molar-refractivity contribution is 6.35. The van der Waals surface area contributed by atoms with Crippen molar-refractivity contribution in [1.29, 1.82) is 0 Å². The number of ketones is 1. The lowest BCUT2D eigenvalue weighted by Gasteiger charge is -2.08. The standard InChI is InChI=1S/C15H12ClFO2/c1-9-3-4-10(17)7-13(9)15(18)12-6-5-11(19-2)8-14(12)16/h3-8H,1-2H3. The number of hydrogen-bond donors (Lipinski definition) is 0. The van der Waals surface area contributed by atoms with E-state index >= 15 is 0 Å². The van der Waals surface area contributed by atoms with E-state index in [9.17, 15) is 9.18 Å². The molecule has 0 bridgehead atoms. The van der Waals surface area contributed by atoms with Crippen molar-refractivity contribution in [3.63, 3.8) is 0 Å². The predicted molar refractivity (Wildman–Crippen MR) is 72.6 cm³/mol. The van der Waals surface area contributed by atoms with Crippen LogP contribution in [0.25, 0.3) is 0 Å². The van der Waals surface area contributed by atoms with Crippen molar-refractivity contribution in [2.45, 2.75) is 6.92 Å². The van der Waals surface area contributed by atoms with E-state index in [0.29, 0.717) is 22.4 Å². The summed E-state index contributed by atoms with van der Waals surface area (Å²) in [6, 6.07) is 8.89. The number of benzene rings is 2. The second-order valence-electron chi connectivity index (χ2n) is 4.13. The Morgan fingerprint density at radius 1 is 1.16 bits per heavy atom. The first-order valence-electron chi connectivity index (χ1n) is 5.67. The van der Waals surface area contributed by atoms with Gasteiger partial charge in [0.05, 0.1) is 12.1 Å². The number of carbonyl (C=O) groups is 1. The van der Waals surface area contributed by atoms with E-state index in [1.54, 1.807) is 31.2 Å². The van der Waals surface area contributed by atoms with Gasteiger partial charge in [0.25, 0.3) is 0 Å². The molecule has 0 aliphatic rings. The lowest BCUT2D eigenvalue weighted by Crippen LogP contribution is -2.05. The van der Waals surface area contributed by atoms with Crippen molar-refractivity contribution in [1.82, 2.24) is 0 Å². The highest BCUT2D eigenvalue weighted by Gasteiger charge is 2.16. The van der Waals surface area contributed by atoms with Crippen LogP contribution in [0.5, 0.6) is 5.75 Å². The monoisotopic (exact) mass is 278 g/mol. The van der Waals surface area contributed by atoms with Gasteiger partial charge in [-0.3, -0.25) is 4.79 Å². The van der Waals surface area contributed by atoms with Crippen molar-refractivity contribution in [2.75, 3.05) is 7.11 Å². The van der Waals surface area contributed by atoms with E-state index in [1.807, 2.05) is 0 Å². The minimum atomic E-state index is -0.446. The predicted octanol–water partition coefficient (Wildman–Crippen LogP) is 4.03. The largest absolute Gasteiger partial charge is 0.497 e. The summed E-state index contributed by atoms with van der Waals surface area (Å²) in [7, 11) is 1.52.